The summed E-state index contributed by atoms with van der Waals surface area (Å²) in [4.78, 5) is 24.0. The van der Waals surface area contributed by atoms with Crippen molar-refractivity contribution in [2.75, 3.05) is 0 Å². The number of aryl methyl sites for hydroxylation is 1. The normalized spacial score (nSPS) is 12.2. The second-order valence-corrected chi connectivity index (χ2v) is 6.62. The predicted octanol–water partition coefficient (Wildman–Crippen LogP) is 3.59. The number of carbonyl (C=O) groups excluding carboxylic acids is 1. The van der Waals surface area contributed by atoms with Crippen LogP contribution in [0.2, 0.25) is 10.0 Å². The highest BCUT2D eigenvalue weighted by Gasteiger charge is 2.21. The van der Waals surface area contributed by atoms with E-state index < -0.39 is 17.5 Å². The van der Waals surface area contributed by atoms with Gasteiger partial charge < -0.3 is 19.1 Å². The summed E-state index contributed by atoms with van der Waals surface area (Å²) in [5.74, 6) is -1.57. The minimum absolute atomic E-state index is 0.106. The number of hydrogen-bond acceptors (Lipinski definition) is 5. The molecule has 26 heavy (non-hydrogen) atoms. The average molecular weight is 392 g/mol. The van der Waals surface area contributed by atoms with E-state index >= 15 is 0 Å². The lowest BCUT2D eigenvalue weighted by molar-refractivity contribution is -0.312. The first-order valence-electron chi connectivity index (χ1n) is 7.68. The molecule has 0 aliphatic rings. The zero-order valence-electron chi connectivity index (χ0n) is 13.8. The Morgan fingerprint density at radius 2 is 1.85 bits per heavy atom. The molecule has 0 aliphatic carbocycles. The minimum atomic E-state index is -1.45. The quantitative estimate of drug-likeness (QED) is 0.678. The van der Waals surface area contributed by atoms with E-state index in [1.165, 1.54) is 13.0 Å². The highest BCUT2D eigenvalue weighted by molar-refractivity contribution is 6.32. The van der Waals surface area contributed by atoms with Crippen LogP contribution >= 0.6 is 23.2 Å². The minimum Gasteiger partial charge on any atom is -0.546 e. The van der Waals surface area contributed by atoms with Gasteiger partial charge in [0.15, 0.2) is 5.76 Å². The molecular formula is C19H13Cl2O5-. The van der Waals surface area contributed by atoms with Gasteiger partial charge in [-0.05, 0) is 55.8 Å². The topological polar surface area (TPSA) is 79.6 Å². The molecule has 0 amide bonds. The Morgan fingerprint density at radius 1 is 1.19 bits per heavy atom. The molecule has 3 aromatic rings. The van der Waals surface area contributed by atoms with Crippen molar-refractivity contribution in [3.63, 3.8) is 0 Å². The van der Waals surface area contributed by atoms with E-state index in [-0.39, 0.29) is 16.9 Å². The van der Waals surface area contributed by atoms with Gasteiger partial charge in [-0.25, -0.2) is 0 Å². The molecular weight excluding hydrogens is 379 g/mol. The van der Waals surface area contributed by atoms with Crippen LogP contribution in [0, 0.1) is 6.92 Å². The number of carboxylic acid groups (broad SMARTS) is 1. The smallest absolute Gasteiger partial charge is 0.235 e. The molecule has 7 heteroatoms. The molecule has 0 radical (unpaired) electrons. The first kappa shape index (κ1) is 18.3. The van der Waals surface area contributed by atoms with Gasteiger partial charge in [0.1, 0.15) is 11.7 Å². The Kier molecular flexibility index (Phi) is 4.94. The maximum absolute atomic E-state index is 12.9. The molecule has 1 aromatic heterocycles. The molecule has 0 saturated carbocycles. The van der Waals surface area contributed by atoms with E-state index in [2.05, 4.69) is 0 Å². The molecule has 5 nitrogen and oxygen atoms in total. The molecule has 1 atom stereocenters. The Labute approximate surface area is 158 Å². The number of rotatable bonds is 4. The molecule has 0 bridgehead atoms. The van der Waals surface area contributed by atoms with Crippen molar-refractivity contribution >= 4 is 40.1 Å². The molecule has 0 spiro atoms. The molecule has 1 heterocycles. The van der Waals surface area contributed by atoms with Gasteiger partial charge in [-0.2, -0.15) is 0 Å². The van der Waals surface area contributed by atoms with E-state index in [1.807, 2.05) is 0 Å². The summed E-state index contributed by atoms with van der Waals surface area (Å²) in [5.41, 5.74) is 1.05. The zero-order valence-corrected chi connectivity index (χ0v) is 15.4. The van der Waals surface area contributed by atoms with Gasteiger partial charge >= 0.3 is 0 Å². The molecule has 3 rings (SSSR count). The lowest BCUT2D eigenvalue weighted by Crippen LogP contribution is -2.38. The van der Waals surface area contributed by atoms with Gasteiger partial charge in [-0.3, -0.25) is 4.79 Å². The van der Waals surface area contributed by atoms with Gasteiger partial charge in [0.25, 0.3) is 0 Å². The molecule has 0 saturated heterocycles. The van der Waals surface area contributed by atoms with Crippen molar-refractivity contribution in [3.8, 4) is 17.1 Å². The van der Waals surface area contributed by atoms with Crippen molar-refractivity contribution in [2.45, 2.75) is 20.0 Å². The lowest BCUT2D eigenvalue weighted by Gasteiger charge is -2.17. The Bertz CT molecular complexity index is 1050. The van der Waals surface area contributed by atoms with E-state index in [0.717, 1.165) is 5.56 Å². The van der Waals surface area contributed by atoms with E-state index in [0.29, 0.717) is 21.2 Å². The fraction of sp³-hybridized carbons (Fsp3) is 0.158. The monoisotopic (exact) mass is 391 g/mol. The standard InChI is InChI=1S/C19H14Cl2O5/c1-9-7-15-13(8-14(9)21)16(22)18(25-10(2)19(23)24)17(26-15)11-3-5-12(20)6-4-11/h3-8,10H,1-2H3,(H,23,24)/p-1/t10-/m0/s1. The van der Waals surface area contributed by atoms with Gasteiger partial charge in [-0.15, -0.1) is 0 Å². The number of carboxylic acids is 1. The maximum atomic E-state index is 12.9. The summed E-state index contributed by atoms with van der Waals surface area (Å²) in [6.07, 6.45) is -1.35. The first-order valence-corrected chi connectivity index (χ1v) is 8.44. The van der Waals surface area contributed by atoms with Crippen LogP contribution < -0.4 is 15.3 Å². The summed E-state index contributed by atoms with van der Waals surface area (Å²) in [6.45, 7) is 3.05. The van der Waals surface area contributed by atoms with E-state index in [4.69, 9.17) is 32.4 Å². The molecule has 0 N–H and O–H groups in total. The van der Waals surface area contributed by atoms with Crippen LogP contribution in [-0.4, -0.2) is 12.1 Å². The fourth-order valence-electron chi connectivity index (χ4n) is 2.42. The van der Waals surface area contributed by atoms with Gasteiger partial charge in [0.2, 0.25) is 11.2 Å². The van der Waals surface area contributed by atoms with E-state index in [9.17, 15) is 14.7 Å². The van der Waals surface area contributed by atoms with Crippen molar-refractivity contribution in [2.24, 2.45) is 0 Å². The molecule has 0 fully saturated rings. The largest absolute Gasteiger partial charge is 0.546 e. The van der Waals surface area contributed by atoms with Gasteiger partial charge in [0.05, 0.1) is 11.4 Å². The third-order valence-electron chi connectivity index (χ3n) is 3.86. The van der Waals surface area contributed by atoms with Crippen LogP contribution in [0.3, 0.4) is 0 Å². The van der Waals surface area contributed by atoms with Crippen molar-refractivity contribution < 1.29 is 19.1 Å². The maximum Gasteiger partial charge on any atom is 0.235 e. The number of hydrogen-bond donors (Lipinski definition) is 0. The Morgan fingerprint density at radius 3 is 2.46 bits per heavy atom. The molecule has 0 aliphatic heterocycles. The molecule has 134 valence electrons. The van der Waals surface area contributed by atoms with Gasteiger partial charge in [0, 0.05) is 15.6 Å². The lowest BCUT2D eigenvalue weighted by atomic mass is 10.1. The summed E-state index contributed by atoms with van der Waals surface area (Å²) >= 11 is 12.0. The summed E-state index contributed by atoms with van der Waals surface area (Å²) in [7, 11) is 0. The van der Waals surface area contributed by atoms with Crippen LogP contribution in [0.4, 0.5) is 0 Å². The second-order valence-electron chi connectivity index (χ2n) is 5.77. The van der Waals surface area contributed by atoms with Crippen molar-refractivity contribution in [3.05, 3.63) is 62.2 Å². The summed E-state index contributed by atoms with van der Waals surface area (Å²) < 4.78 is 11.2. The number of benzene rings is 2. The third kappa shape index (κ3) is 3.41. The van der Waals surface area contributed by atoms with Crippen LogP contribution in [0.25, 0.3) is 22.3 Å². The Balaban J connectivity index is 2.32. The van der Waals surface area contributed by atoms with Crippen LogP contribution in [0.1, 0.15) is 12.5 Å². The highest BCUT2D eigenvalue weighted by Crippen LogP contribution is 2.33. The highest BCUT2D eigenvalue weighted by atomic mass is 35.5. The van der Waals surface area contributed by atoms with Crippen LogP contribution in [0.15, 0.2) is 45.6 Å². The SMILES string of the molecule is Cc1cc2oc(-c3ccc(Cl)cc3)c(O[C@@H](C)C(=O)[O-])c(=O)c2cc1Cl. The number of ether oxygens (including phenoxy) is 1. The summed E-state index contributed by atoms with van der Waals surface area (Å²) in [6, 6.07) is 9.66. The van der Waals surface area contributed by atoms with Crippen LogP contribution in [0.5, 0.6) is 5.75 Å². The number of fused-ring (bicyclic) bond motifs is 1. The number of carbonyl (C=O) groups is 1. The summed E-state index contributed by atoms with van der Waals surface area (Å²) in [5, 5.41) is 12.2. The average Bonchev–Trinajstić information content (AvgIpc) is 2.59. The van der Waals surface area contributed by atoms with Crippen molar-refractivity contribution in [1.29, 1.82) is 0 Å². The second kappa shape index (κ2) is 7.02. The van der Waals surface area contributed by atoms with Gasteiger partial charge in [-0.1, -0.05) is 23.2 Å². The Hall–Kier alpha value is -2.50. The zero-order chi connectivity index (χ0) is 19.0. The third-order valence-corrected chi connectivity index (χ3v) is 4.52. The number of halogens is 2. The van der Waals surface area contributed by atoms with E-state index in [1.54, 1.807) is 37.3 Å². The first-order chi connectivity index (χ1) is 12.3. The predicted molar refractivity (Wildman–Crippen MR) is 97.8 cm³/mol. The molecule has 2 aromatic carbocycles. The van der Waals surface area contributed by atoms with Crippen molar-refractivity contribution in [1.82, 2.24) is 0 Å². The fourth-order valence-corrected chi connectivity index (χ4v) is 2.71. The molecule has 0 unspecified atom stereocenters. The van der Waals surface area contributed by atoms with Crippen LogP contribution in [-0.2, 0) is 4.79 Å². The number of aliphatic carboxylic acids is 1.